The maximum Gasteiger partial charge on any atom is 0.247 e. The molecule has 1 fully saturated rings. The van der Waals surface area contributed by atoms with Crippen molar-refractivity contribution in [1.82, 2.24) is 20.1 Å². The van der Waals surface area contributed by atoms with Gasteiger partial charge in [0.05, 0.1) is 6.20 Å². The summed E-state index contributed by atoms with van der Waals surface area (Å²) in [5.41, 5.74) is 2.27. The highest BCUT2D eigenvalue weighted by atomic mass is 16.2. The first-order valence-corrected chi connectivity index (χ1v) is 8.60. The molecular weight excluding hydrogens is 316 g/mol. The van der Waals surface area contributed by atoms with Gasteiger partial charge in [-0.1, -0.05) is 32.0 Å². The van der Waals surface area contributed by atoms with Crippen LogP contribution in [0, 0.1) is 0 Å². The maximum absolute atomic E-state index is 11.4. The van der Waals surface area contributed by atoms with Crippen molar-refractivity contribution in [3.05, 3.63) is 36.0 Å². The summed E-state index contributed by atoms with van der Waals surface area (Å²) in [5, 5.41) is 11.6. The Morgan fingerprint density at radius 1 is 1.16 bits per heavy atom. The van der Waals surface area contributed by atoms with Gasteiger partial charge in [0.1, 0.15) is 0 Å². The van der Waals surface area contributed by atoms with Crippen molar-refractivity contribution < 1.29 is 4.79 Å². The second kappa shape index (κ2) is 7.46. The highest BCUT2D eigenvalue weighted by Gasteiger charge is 2.21. The minimum Gasteiger partial charge on any atom is -0.339 e. The van der Waals surface area contributed by atoms with Crippen molar-refractivity contribution in [3.8, 4) is 0 Å². The van der Waals surface area contributed by atoms with E-state index in [1.807, 2.05) is 23.1 Å². The molecule has 1 N–H and O–H groups in total. The van der Waals surface area contributed by atoms with Gasteiger partial charge in [0.2, 0.25) is 11.9 Å². The predicted molar refractivity (Wildman–Crippen MR) is 98.1 cm³/mol. The molecular formula is C18H24N6O. The number of anilines is 3. The number of rotatable bonds is 4. The zero-order valence-corrected chi connectivity index (χ0v) is 14.9. The first-order valence-electron chi connectivity index (χ1n) is 8.60. The molecule has 0 spiro atoms. The molecule has 0 atom stereocenters. The normalized spacial score (nSPS) is 14.7. The van der Waals surface area contributed by atoms with Crippen LogP contribution in [0.5, 0.6) is 0 Å². The summed E-state index contributed by atoms with van der Waals surface area (Å²) < 4.78 is 0. The Labute approximate surface area is 148 Å². The summed E-state index contributed by atoms with van der Waals surface area (Å²) in [6.45, 7) is 8.74. The summed E-state index contributed by atoms with van der Waals surface area (Å²) >= 11 is 0. The third kappa shape index (κ3) is 4.04. The van der Waals surface area contributed by atoms with Crippen LogP contribution in [0.1, 0.15) is 32.3 Å². The molecule has 1 aromatic carbocycles. The van der Waals surface area contributed by atoms with Crippen LogP contribution in [0.4, 0.5) is 17.5 Å². The number of carbonyl (C=O) groups is 1. The number of para-hydroxylation sites is 1. The standard InChI is InChI=1S/C18H24N6O/c1-13(2)15-6-4-5-7-16(15)20-17-12-19-22-18(21-17)24-10-8-23(9-11-24)14(3)25/h4-7,12-13H,8-11H2,1-3H3,(H,20,21,22). The molecule has 7 heteroatoms. The molecule has 0 radical (unpaired) electrons. The predicted octanol–water partition coefficient (Wildman–Crippen LogP) is 2.41. The van der Waals surface area contributed by atoms with Crippen LogP contribution in [0.3, 0.4) is 0 Å². The fraction of sp³-hybridized carbons (Fsp3) is 0.444. The molecule has 3 rings (SSSR count). The Kier molecular flexibility index (Phi) is 5.11. The Balaban J connectivity index is 1.74. The van der Waals surface area contributed by atoms with Crippen molar-refractivity contribution in [2.75, 3.05) is 36.4 Å². The lowest BCUT2D eigenvalue weighted by Crippen LogP contribution is -2.48. The molecule has 1 aliphatic heterocycles. The molecule has 1 amide bonds. The van der Waals surface area contributed by atoms with Crippen LogP contribution < -0.4 is 10.2 Å². The van der Waals surface area contributed by atoms with E-state index in [9.17, 15) is 4.79 Å². The average molecular weight is 340 g/mol. The van der Waals surface area contributed by atoms with E-state index in [2.05, 4.69) is 45.3 Å². The van der Waals surface area contributed by atoms with Gasteiger partial charge in [0.25, 0.3) is 0 Å². The number of hydrogen-bond acceptors (Lipinski definition) is 6. The molecule has 132 valence electrons. The number of amides is 1. The van der Waals surface area contributed by atoms with Gasteiger partial charge in [-0.25, -0.2) is 0 Å². The number of benzene rings is 1. The maximum atomic E-state index is 11.4. The fourth-order valence-electron chi connectivity index (χ4n) is 2.96. The Bertz CT molecular complexity index is 740. The zero-order chi connectivity index (χ0) is 17.8. The van der Waals surface area contributed by atoms with Crippen LogP contribution in [-0.4, -0.2) is 52.2 Å². The van der Waals surface area contributed by atoms with E-state index < -0.39 is 0 Å². The molecule has 0 unspecified atom stereocenters. The van der Waals surface area contributed by atoms with Crippen molar-refractivity contribution in [1.29, 1.82) is 0 Å². The molecule has 0 bridgehead atoms. The second-order valence-corrected chi connectivity index (χ2v) is 6.50. The summed E-state index contributed by atoms with van der Waals surface area (Å²) in [6.07, 6.45) is 1.63. The van der Waals surface area contributed by atoms with E-state index in [1.54, 1.807) is 13.1 Å². The molecule has 0 saturated carbocycles. The summed E-state index contributed by atoms with van der Waals surface area (Å²) in [4.78, 5) is 19.9. The number of aromatic nitrogens is 3. The quantitative estimate of drug-likeness (QED) is 0.921. The number of hydrogen-bond donors (Lipinski definition) is 1. The van der Waals surface area contributed by atoms with Crippen LogP contribution in [0.15, 0.2) is 30.5 Å². The molecule has 25 heavy (non-hydrogen) atoms. The van der Waals surface area contributed by atoms with E-state index in [1.165, 1.54) is 5.56 Å². The lowest BCUT2D eigenvalue weighted by Gasteiger charge is -2.33. The summed E-state index contributed by atoms with van der Waals surface area (Å²) in [7, 11) is 0. The van der Waals surface area contributed by atoms with Crippen LogP contribution in [0.2, 0.25) is 0 Å². The average Bonchev–Trinajstić information content (AvgIpc) is 2.62. The number of nitrogens with zero attached hydrogens (tertiary/aromatic N) is 5. The van der Waals surface area contributed by atoms with Gasteiger partial charge in [-0.15, -0.1) is 5.10 Å². The fourth-order valence-corrected chi connectivity index (χ4v) is 2.96. The molecule has 1 aromatic heterocycles. The Morgan fingerprint density at radius 2 is 1.88 bits per heavy atom. The lowest BCUT2D eigenvalue weighted by molar-refractivity contribution is -0.129. The van der Waals surface area contributed by atoms with Gasteiger partial charge in [0.15, 0.2) is 5.82 Å². The number of nitrogens with one attached hydrogen (secondary N) is 1. The van der Waals surface area contributed by atoms with Crippen molar-refractivity contribution in [3.63, 3.8) is 0 Å². The number of carbonyl (C=O) groups excluding carboxylic acids is 1. The third-order valence-electron chi connectivity index (χ3n) is 4.40. The van der Waals surface area contributed by atoms with Gasteiger partial charge in [-0.2, -0.15) is 10.1 Å². The minimum atomic E-state index is 0.111. The van der Waals surface area contributed by atoms with E-state index in [0.29, 0.717) is 43.9 Å². The molecule has 7 nitrogen and oxygen atoms in total. The minimum absolute atomic E-state index is 0.111. The van der Waals surface area contributed by atoms with Crippen molar-refractivity contribution in [2.24, 2.45) is 0 Å². The van der Waals surface area contributed by atoms with Crippen molar-refractivity contribution >= 4 is 23.4 Å². The Hall–Kier alpha value is -2.70. The van der Waals surface area contributed by atoms with Crippen LogP contribution >= 0.6 is 0 Å². The highest BCUT2D eigenvalue weighted by Crippen LogP contribution is 2.26. The van der Waals surface area contributed by atoms with E-state index >= 15 is 0 Å². The first kappa shape index (κ1) is 17.1. The molecule has 1 saturated heterocycles. The van der Waals surface area contributed by atoms with Gasteiger partial charge in [-0.05, 0) is 17.5 Å². The lowest BCUT2D eigenvalue weighted by atomic mass is 10.0. The molecule has 0 aliphatic carbocycles. The molecule has 1 aliphatic rings. The first-order chi connectivity index (χ1) is 12.0. The van der Waals surface area contributed by atoms with E-state index in [-0.39, 0.29) is 5.91 Å². The largest absolute Gasteiger partial charge is 0.339 e. The summed E-state index contributed by atoms with van der Waals surface area (Å²) in [6, 6.07) is 8.20. The van der Waals surface area contributed by atoms with E-state index in [4.69, 9.17) is 0 Å². The second-order valence-electron chi connectivity index (χ2n) is 6.50. The van der Waals surface area contributed by atoms with E-state index in [0.717, 1.165) is 5.69 Å². The van der Waals surface area contributed by atoms with Crippen LogP contribution in [0.25, 0.3) is 0 Å². The van der Waals surface area contributed by atoms with Crippen LogP contribution in [-0.2, 0) is 4.79 Å². The highest BCUT2D eigenvalue weighted by molar-refractivity contribution is 5.73. The monoisotopic (exact) mass is 340 g/mol. The van der Waals surface area contributed by atoms with Crippen molar-refractivity contribution in [2.45, 2.75) is 26.7 Å². The molecule has 2 aromatic rings. The SMILES string of the molecule is CC(=O)N1CCN(c2nncc(Nc3ccccc3C(C)C)n2)CC1. The van der Waals surface area contributed by atoms with Gasteiger partial charge >= 0.3 is 0 Å². The topological polar surface area (TPSA) is 74.2 Å². The van der Waals surface area contributed by atoms with Gasteiger partial charge in [-0.3, -0.25) is 4.79 Å². The van der Waals surface area contributed by atoms with Gasteiger partial charge < -0.3 is 15.1 Å². The van der Waals surface area contributed by atoms with Gasteiger partial charge in [0, 0.05) is 38.8 Å². The summed E-state index contributed by atoms with van der Waals surface area (Å²) in [5.74, 6) is 1.79. The zero-order valence-electron chi connectivity index (χ0n) is 14.9. The number of piperazine rings is 1. The third-order valence-corrected chi connectivity index (χ3v) is 4.40. The Morgan fingerprint density at radius 3 is 2.56 bits per heavy atom. The molecule has 2 heterocycles. The smallest absolute Gasteiger partial charge is 0.247 e.